The van der Waals surface area contributed by atoms with Gasteiger partial charge in [-0.3, -0.25) is 9.59 Å². The third kappa shape index (κ3) is 3.65. The van der Waals surface area contributed by atoms with Crippen LogP contribution in [0.25, 0.3) is 0 Å². The fourth-order valence-electron chi connectivity index (χ4n) is 3.32. The molecule has 1 aromatic carbocycles. The third-order valence-electron chi connectivity index (χ3n) is 5.17. The van der Waals surface area contributed by atoms with Crippen LogP contribution in [-0.4, -0.2) is 29.2 Å². The second-order valence-electron chi connectivity index (χ2n) is 7.31. The maximum Gasteiger partial charge on any atom is 0.309 e. The summed E-state index contributed by atoms with van der Waals surface area (Å²) in [5.74, 6) is 0.300. The molecule has 4 rings (SSSR count). The van der Waals surface area contributed by atoms with Gasteiger partial charge in [0.2, 0.25) is 0 Å². The van der Waals surface area contributed by atoms with Gasteiger partial charge in [-0.15, -0.1) is 0 Å². The fraction of sp³-hybridized carbons (Fsp3) is 0.381. The van der Waals surface area contributed by atoms with Gasteiger partial charge in [-0.2, -0.15) is 5.10 Å². The lowest BCUT2D eigenvalue weighted by atomic mass is 10.0. The molecule has 2 aromatic rings. The number of benzene rings is 1. The largest absolute Gasteiger partial charge is 0.467 e. The van der Waals surface area contributed by atoms with Crippen LogP contribution in [0.3, 0.4) is 0 Å². The number of hydrogen-bond acceptors (Lipinski definition) is 5. The lowest BCUT2D eigenvalue weighted by Gasteiger charge is -2.19. The number of furan rings is 1. The summed E-state index contributed by atoms with van der Waals surface area (Å²) in [6, 6.07) is 11.3. The Morgan fingerprint density at radius 2 is 2.00 bits per heavy atom. The monoisotopic (exact) mass is 366 g/mol. The van der Waals surface area contributed by atoms with E-state index in [0.717, 1.165) is 23.3 Å². The average molecular weight is 366 g/mol. The molecule has 2 heterocycles. The van der Waals surface area contributed by atoms with Gasteiger partial charge in [-0.1, -0.05) is 36.8 Å². The molecule has 1 aliphatic carbocycles. The number of esters is 1. The van der Waals surface area contributed by atoms with Crippen LogP contribution in [0.2, 0.25) is 0 Å². The van der Waals surface area contributed by atoms with E-state index in [2.05, 4.69) is 5.10 Å². The first-order chi connectivity index (χ1) is 13.0. The molecule has 0 spiro atoms. The molecule has 0 saturated heterocycles. The Morgan fingerprint density at radius 3 is 2.63 bits per heavy atom. The van der Waals surface area contributed by atoms with Crippen LogP contribution in [0.5, 0.6) is 0 Å². The van der Waals surface area contributed by atoms with Crippen molar-refractivity contribution < 1.29 is 18.7 Å². The molecule has 0 N–H and O–H groups in total. The Hall–Kier alpha value is -2.89. The van der Waals surface area contributed by atoms with E-state index in [9.17, 15) is 9.59 Å². The molecule has 27 heavy (non-hydrogen) atoms. The van der Waals surface area contributed by atoms with Gasteiger partial charge in [0.05, 0.1) is 17.9 Å². The van der Waals surface area contributed by atoms with Crippen LogP contribution in [0.15, 0.2) is 52.2 Å². The molecule has 6 nitrogen and oxygen atoms in total. The minimum atomic E-state index is -0.347. The van der Waals surface area contributed by atoms with E-state index in [0.29, 0.717) is 18.1 Å². The summed E-state index contributed by atoms with van der Waals surface area (Å²) in [5.41, 5.74) is 2.94. The van der Waals surface area contributed by atoms with Gasteiger partial charge in [0.1, 0.15) is 11.8 Å². The van der Waals surface area contributed by atoms with Crippen molar-refractivity contribution in [3.63, 3.8) is 0 Å². The van der Waals surface area contributed by atoms with E-state index in [1.807, 2.05) is 44.2 Å². The second kappa shape index (κ2) is 7.02. The average Bonchev–Trinajstić information content (AvgIpc) is 3.08. The molecule has 1 aliphatic heterocycles. The summed E-state index contributed by atoms with van der Waals surface area (Å²) in [7, 11) is 0. The Bertz CT molecular complexity index is 870. The minimum Gasteiger partial charge on any atom is -0.467 e. The van der Waals surface area contributed by atoms with Crippen LogP contribution in [0, 0.1) is 18.8 Å². The van der Waals surface area contributed by atoms with Crippen molar-refractivity contribution in [2.24, 2.45) is 16.9 Å². The summed E-state index contributed by atoms with van der Waals surface area (Å²) in [6.45, 7) is 3.72. The van der Waals surface area contributed by atoms with Gasteiger partial charge in [0, 0.05) is 6.42 Å². The summed E-state index contributed by atoms with van der Waals surface area (Å²) >= 11 is 0. The number of aryl methyl sites for hydroxylation is 1. The Morgan fingerprint density at radius 1 is 1.26 bits per heavy atom. The first-order valence-electron chi connectivity index (χ1n) is 9.19. The third-order valence-corrected chi connectivity index (χ3v) is 5.17. The van der Waals surface area contributed by atoms with Crippen molar-refractivity contribution in [2.45, 2.75) is 32.7 Å². The SMILES string of the molecule is Cc1ccc(C2=NN(C(=O)COC(=O)[C@@H]3C[C@@H]3C)[C@@H](c3ccco3)C2)cc1. The van der Waals surface area contributed by atoms with Crippen LogP contribution in [-0.2, 0) is 14.3 Å². The van der Waals surface area contributed by atoms with E-state index in [1.54, 1.807) is 12.3 Å². The van der Waals surface area contributed by atoms with Gasteiger partial charge in [0.15, 0.2) is 6.61 Å². The van der Waals surface area contributed by atoms with Crippen LogP contribution < -0.4 is 0 Å². The van der Waals surface area contributed by atoms with Crippen molar-refractivity contribution in [3.05, 3.63) is 59.5 Å². The zero-order valence-electron chi connectivity index (χ0n) is 15.4. The lowest BCUT2D eigenvalue weighted by molar-refractivity contribution is -0.154. The number of carbonyl (C=O) groups excluding carboxylic acids is 2. The van der Waals surface area contributed by atoms with E-state index in [-0.39, 0.29) is 30.4 Å². The Kier molecular flexibility index (Phi) is 4.56. The van der Waals surface area contributed by atoms with E-state index < -0.39 is 0 Å². The smallest absolute Gasteiger partial charge is 0.309 e. The van der Waals surface area contributed by atoms with E-state index >= 15 is 0 Å². The van der Waals surface area contributed by atoms with Crippen molar-refractivity contribution >= 4 is 17.6 Å². The van der Waals surface area contributed by atoms with Crippen LogP contribution >= 0.6 is 0 Å². The fourth-order valence-corrected chi connectivity index (χ4v) is 3.32. The molecule has 2 aliphatic rings. The molecule has 140 valence electrons. The van der Waals surface area contributed by atoms with E-state index in [1.165, 1.54) is 5.01 Å². The first-order valence-corrected chi connectivity index (χ1v) is 9.19. The highest BCUT2D eigenvalue weighted by molar-refractivity contribution is 6.03. The maximum atomic E-state index is 12.7. The second-order valence-corrected chi connectivity index (χ2v) is 7.31. The highest BCUT2D eigenvalue weighted by atomic mass is 16.5. The Balaban J connectivity index is 1.51. The number of rotatable bonds is 5. The predicted molar refractivity (Wildman–Crippen MR) is 98.9 cm³/mol. The zero-order chi connectivity index (χ0) is 19.0. The van der Waals surface area contributed by atoms with Gasteiger partial charge in [-0.25, -0.2) is 5.01 Å². The van der Waals surface area contributed by atoms with Gasteiger partial charge < -0.3 is 9.15 Å². The van der Waals surface area contributed by atoms with Gasteiger partial charge in [-0.05, 0) is 37.0 Å². The normalized spacial score (nSPS) is 23.9. The zero-order valence-corrected chi connectivity index (χ0v) is 15.4. The molecule has 3 atom stereocenters. The predicted octanol–water partition coefficient (Wildman–Crippen LogP) is 3.46. The van der Waals surface area contributed by atoms with E-state index in [4.69, 9.17) is 9.15 Å². The number of hydrogen-bond donors (Lipinski definition) is 0. The quantitative estimate of drug-likeness (QED) is 0.760. The molecule has 1 saturated carbocycles. The van der Waals surface area contributed by atoms with Crippen molar-refractivity contribution in [1.29, 1.82) is 0 Å². The topological polar surface area (TPSA) is 72.1 Å². The number of nitrogens with zero attached hydrogens (tertiary/aromatic N) is 2. The summed E-state index contributed by atoms with van der Waals surface area (Å²) in [4.78, 5) is 24.6. The molecule has 6 heteroatoms. The number of amides is 1. The molecule has 0 radical (unpaired) electrons. The van der Waals surface area contributed by atoms with Gasteiger partial charge in [0.25, 0.3) is 5.91 Å². The van der Waals surface area contributed by atoms with Gasteiger partial charge >= 0.3 is 5.97 Å². The van der Waals surface area contributed by atoms with Crippen molar-refractivity contribution in [3.8, 4) is 0 Å². The standard InChI is InChI=1S/C21H22N2O4/c1-13-5-7-15(8-6-13)17-11-18(19-4-3-9-26-19)23(22-17)20(24)12-27-21(25)16-10-14(16)2/h3-9,14,16,18H,10-12H2,1-2H3/t14-,16+,18+/m0/s1. The molecular weight excluding hydrogens is 344 g/mol. The Labute approximate surface area is 157 Å². The molecule has 0 unspecified atom stereocenters. The number of hydrazone groups is 1. The van der Waals surface area contributed by atoms with Crippen LogP contribution in [0.4, 0.5) is 0 Å². The number of carbonyl (C=O) groups is 2. The van der Waals surface area contributed by atoms with Crippen molar-refractivity contribution in [1.82, 2.24) is 5.01 Å². The lowest BCUT2D eigenvalue weighted by Crippen LogP contribution is -2.31. The molecule has 1 aromatic heterocycles. The maximum absolute atomic E-state index is 12.7. The molecule has 0 bridgehead atoms. The highest BCUT2D eigenvalue weighted by Gasteiger charge is 2.41. The summed E-state index contributed by atoms with van der Waals surface area (Å²) in [6.07, 6.45) is 2.97. The molecule has 1 amide bonds. The minimum absolute atomic E-state index is 0.0659. The molecular formula is C21H22N2O4. The van der Waals surface area contributed by atoms with Crippen molar-refractivity contribution in [2.75, 3.05) is 6.61 Å². The van der Waals surface area contributed by atoms with Crippen LogP contribution in [0.1, 0.15) is 42.7 Å². The molecule has 1 fully saturated rings. The first kappa shape index (κ1) is 17.5. The highest BCUT2D eigenvalue weighted by Crippen LogP contribution is 2.38. The summed E-state index contributed by atoms with van der Waals surface area (Å²) in [5, 5.41) is 5.91. The number of ether oxygens (including phenoxy) is 1. The summed E-state index contributed by atoms with van der Waals surface area (Å²) < 4.78 is 10.7.